The van der Waals surface area contributed by atoms with E-state index >= 15 is 0 Å². The molecule has 0 saturated heterocycles. The molecule has 0 aromatic heterocycles. The third-order valence-electron chi connectivity index (χ3n) is 2.82. The molecule has 0 aliphatic rings. The maximum atomic E-state index is 11.3. The summed E-state index contributed by atoms with van der Waals surface area (Å²) in [6, 6.07) is -1.05. The van der Waals surface area contributed by atoms with E-state index in [1.807, 2.05) is 6.92 Å². The fourth-order valence-corrected chi connectivity index (χ4v) is 1.65. The van der Waals surface area contributed by atoms with Crippen LogP contribution in [0.4, 0.5) is 0 Å². The SMILES string of the molecule is CCCCNNN(CC(O)CO)[C@@H](CCC(N)=O)C(=O)O. The molecular formula is C12H26N4O5. The largest absolute Gasteiger partial charge is 0.480 e. The average Bonchev–Trinajstić information content (AvgIpc) is 2.42. The van der Waals surface area contributed by atoms with Gasteiger partial charge in [0.15, 0.2) is 0 Å². The molecule has 0 bridgehead atoms. The highest BCUT2D eigenvalue weighted by molar-refractivity contribution is 5.77. The lowest BCUT2D eigenvalue weighted by molar-refractivity contribution is -0.146. The number of primary amides is 1. The zero-order valence-electron chi connectivity index (χ0n) is 12.3. The van der Waals surface area contributed by atoms with Gasteiger partial charge >= 0.3 is 5.97 Å². The van der Waals surface area contributed by atoms with Crippen molar-refractivity contribution in [3.8, 4) is 0 Å². The van der Waals surface area contributed by atoms with Gasteiger partial charge < -0.3 is 21.1 Å². The summed E-state index contributed by atoms with van der Waals surface area (Å²) in [5, 5.41) is 28.9. The van der Waals surface area contributed by atoms with Crippen LogP contribution in [0.5, 0.6) is 0 Å². The second-order valence-electron chi connectivity index (χ2n) is 4.74. The molecule has 9 heteroatoms. The lowest BCUT2D eigenvalue weighted by Crippen LogP contribution is -2.57. The summed E-state index contributed by atoms with van der Waals surface area (Å²) >= 11 is 0. The molecule has 0 aromatic rings. The summed E-state index contributed by atoms with van der Waals surface area (Å²) in [4.78, 5) is 22.1. The molecule has 0 radical (unpaired) electrons. The van der Waals surface area contributed by atoms with E-state index in [9.17, 15) is 19.8 Å². The number of carboxylic acids is 1. The molecule has 0 spiro atoms. The van der Waals surface area contributed by atoms with Gasteiger partial charge in [-0.1, -0.05) is 13.3 Å². The standard InChI is InChI=1S/C12H26N4O5/c1-2-3-6-14-15-16(7-9(18)8-17)10(12(20)21)4-5-11(13)19/h9-10,14-15,17-18H,2-8H2,1H3,(H2,13,19)(H,20,21)/t9?,10-/m0/s1. The molecule has 2 atom stereocenters. The summed E-state index contributed by atoms with van der Waals surface area (Å²) < 4.78 is 0. The molecule has 21 heavy (non-hydrogen) atoms. The Hall–Kier alpha value is -1.26. The Bertz CT molecular complexity index is 316. The van der Waals surface area contributed by atoms with Crippen LogP contribution in [0.3, 0.4) is 0 Å². The summed E-state index contributed by atoms with van der Waals surface area (Å²) in [6.45, 7) is 2.03. The van der Waals surface area contributed by atoms with Gasteiger partial charge in [0.05, 0.1) is 12.7 Å². The second kappa shape index (κ2) is 11.4. The van der Waals surface area contributed by atoms with Crippen molar-refractivity contribution < 1.29 is 24.9 Å². The molecular weight excluding hydrogens is 280 g/mol. The first-order chi connectivity index (χ1) is 9.92. The van der Waals surface area contributed by atoms with Gasteiger partial charge in [0, 0.05) is 19.5 Å². The van der Waals surface area contributed by atoms with Crippen molar-refractivity contribution in [1.82, 2.24) is 16.0 Å². The maximum Gasteiger partial charge on any atom is 0.322 e. The summed E-state index contributed by atoms with van der Waals surface area (Å²) in [5.74, 6) is -1.74. The topological polar surface area (TPSA) is 148 Å². The quantitative estimate of drug-likeness (QED) is 0.172. The van der Waals surface area contributed by atoms with Crippen LogP contribution in [0.15, 0.2) is 0 Å². The third-order valence-corrected chi connectivity index (χ3v) is 2.82. The van der Waals surface area contributed by atoms with Gasteiger partial charge in [0.1, 0.15) is 6.04 Å². The van der Waals surface area contributed by atoms with Crippen molar-refractivity contribution in [2.75, 3.05) is 19.7 Å². The minimum atomic E-state index is -1.15. The minimum absolute atomic E-state index is 0.00523. The summed E-state index contributed by atoms with van der Waals surface area (Å²) in [7, 11) is 0. The lowest BCUT2D eigenvalue weighted by atomic mass is 10.1. The van der Waals surface area contributed by atoms with Crippen LogP contribution in [0, 0.1) is 0 Å². The first-order valence-corrected chi connectivity index (χ1v) is 6.97. The smallest absolute Gasteiger partial charge is 0.322 e. The van der Waals surface area contributed by atoms with E-state index in [2.05, 4.69) is 11.0 Å². The Kier molecular flexibility index (Phi) is 10.7. The van der Waals surface area contributed by atoms with Gasteiger partial charge in [0.25, 0.3) is 0 Å². The number of amides is 1. The number of rotatable bonds is 13. The van der Waals surface area contributed by atoms with Gasteiger partial charge in [-0.15, -0.1) is 0 Å². The van der Waals surface area contributed by atoms with Gasteiger partial charge in [-0.2, -0.15) is 5.53 Å². The number of nitrogens with zero attached hydrogens (tertiary/aromatic N) is 1. The number of aliphatic hydroxyl groups is 2. The van der Waals surface area contributed by atoms with Crippen molar-refractivity contribution in [2.24, 2.45) is 5.73 Å². The highest BCUT2D eigenvalue weighted by Crippen LogP contribution is 2.06. The molecule has 0 aromatic carbocycles. The molecule has 0 heterocycles. The average molecular weight is 306 g/mol. The number of hydrazine groups is 2. The van der Waals surface area contributed by atoms with Crippen LogP contribution in [0.25, 0.3) is 0 Å². The second-order valence-corrected chi connectivity index (χ2v) is 4.74. The molecule has 0 aliphatic carbocycles. The fourth-order valence-electron chi connectivity index (χ4n) is 1.65. The Morgan fingerprint density at radius 2 is 2.05 bits per heavy atom. The van der Waals surface area contributed by atoms with Gasteiger partial charge in [-0.05, 0) is 12.8 Å². The lowest BCUT2D eigenvalue weighted by Gasteiger charge is -2.30. The van der Waals surface area contributed by atoms with Crippen LogP contribution in [0.1, 0.15) is 32.6 Å². The maximum absolute atomic E-state index is 11.3. The molecule has 1 unspecified atom stereocenters. The number of hydrogen-bond acceptors (Lipinski definition) is 7. The highest BCUT2D eigenvalue weighted by Gasteiger charge is 2.27. The molecule has 0 fully saturated rings. The van der Waals surface area contributed by atoms with Gasteiger partial charge in [-0.3, -0.25) is 9.59 Å². The number of aliphatic hydroxyl groups excluding tert-OH is 2. The summed E-state index contributed by atoms with van der Waals surface area (Å²) in [6.07, 6.45) is 0.686. The van der Waals surface area contributed by atoms with E-state index in [1.54, 1.807) is 0 Å². The molecule has 0 rings (SSSR count). The van der Waals surface area contributed by atoms with Crippen LogP contribution in [-0.2, 0) is 9.59 Å². The molecule has 1 amide bonds. The van der Waals surface area contributed by atoms with E-state index in [0.717, 1.165) is 12.8 Å². The van der Waals surface area contributed by atoms with E-state index in [1.165, 1.54) is 5.01 Å². The predicted molar refractivity (Wildman–Crippen MR) is 75.7 cm³/mol. The first kappa shape index (κ1) is 19.7. The van der Waals surface area contributed by atoms with Gasteiger partial charge in [0.2, 0.25) is 5.91 Å². The zero-order chi connectivity index (χ0) is 16.3. The number of carbonyl (C=O) groups is 2. The number of carbonyl (C=O) groups excluding carboxylic acids is 1. The molecule has 7 N–H and O–H groups in total. The summed E-state index contributed by atoms with van der Waals surface area (Å²) in [5.41, 5.74) is 10.6. The first-order valence-electron chi connectivity index (χ1n) is 6.97. The Morgan fingerprint density at radius 3 is 2.52 bits per heavy atom. The van der Waals surface area contributed by atoms with Gasteiger partial charge in [-0.25, -0.2) is 10.4 Å². The predicted octanol–water partition coefficient (Wildman–Crippen LogP) is -1.83. The third kappa shape index (κ3) is 9.32. The van der Waals surface area contributed by atoms with Crippen LogP contribution >= 0.6 is 0 Å². The molecule has 0 aliphatic heterocycles. The Morgan fingerprint density at radius 1 is 1.38 bits per heavy atom. The normalized spacial score (nSPS) is 14.1. The van der Waals surface area contributed by atoms with Crippen molar-refractivity contribution in [2.45, 2.75) is 44.8 Å². The van der Waals surface area contributed by atoms with E-state index < -0.39 is 30.6 Å². The van der Waals surface area contributed by atoms with E-state index in [0.29, 0.717) is 6.54 Å². The number of nitrogens with two attached hydrogens (primary N) is 1. The molecule has 0 saturated carbocycles. The van der Waals surface area contributed by atoms with Crippen molar-refractivity contribution in [3.05, 3.63) is 0 Å². The Balaban J connectivity index is 4.66. The van der Waals surface area contributed by atoms with E-state index in [4.69, 9.17) is 10.8 Å². The highest BCUT2D eigenvalue weighted by atomic mass is 16.4. The number of hydrogen-bond donors (Lipinski definition) is 6. The van der Waals surface area contributed by atoms with Crippen molar-refractivity contribution in [1.29, 1.82) is 0 Å². The monoisotopic (exact) mass is 306 g/mol. The fraction of sp³-hybridized carbons (Fsp3) is 0.833. The van der Waals surface area contributed by atoms with Crippen LogP contribution in [-0.4, -0.2) is 64.0 Å². The number of carboxylic acid groups (broad SMARTS) is 1. The number of aliphatic carboxylic acids is 1. The minimum Gasteiger partial charge on any atom is -0.480 e. The van der Waals surface area contributed by atoms with E-state index in [-0.39, 0.29) is 19.4 Å². The van der Waals surface area contributed by atoms with Crippen molar-refractivity contribution in [3.63, 3.8) is 0 Å². The molecule has 9 nitrogen and oxygen atoms in total. The number of nitrogens with one attached hydrogen (secondary N) is 2. The zero-order valence-corrected chi connectivity index (χ0v) is 12.3. The van der Waals surface area contributed by atoms with Crippen LogP contribution in [0.2, 0.25) is 0 Å². The van der Waals surface area contributed by atoms with Crippen LogP contribution < -0.4 is 16.7 Å². The number of unbranched alkanes of at least 4 members (excludes halogenated alkanes) is 1. The Labute approximate surface area is 124 Å². The van der Waals surface area contributed by atoms with Crippen molar-refractivity contribution >= 4 is 11.9 Å². The molecule has 124 valence electrons.